The van der Waals surface area contributed by atoms with Crippen LogP contribution in [0.3, 0.4) is 0 Å². The summed E-state index contributed by atoms with van der Waals surface area (Å²) < 4.78 is 15.9. The summed E-state index contributed by atoms with van der Waals surface area (Å²) >= 11 is 0. The molecular formula is C23H27FN6O. The van der Waals surface area contributed by atoms with Crippen LogP contribution in [0.5, 0.6) is 0 Å². The number of amides is 1. The van der Waals surface area contributed by atoms with Crippen molar-refractivity contribution in [3.63, 3.8) is 0 Å². The summed E-state index contributed by atoms with van der Waals surface area (Å²) in [6.07, 6.45) is 5.17. The van der Waals surface area contributed by atoms with Gasteiger partial charge in [-0.05, 0) is 44.1 Å². The number of carbonyl (C=O) groups is 1. The molecule has 1 aliphatic carbocycles. The topological polar surface area (TPSA) is 75.9 Å². The highest BCUT2D eigenvalue weighted by Crippen LogP contribution is 2.42. The minimum absolute atomic E-state index is 0.134. The molecule has 1 aliphatic rings. The molecule has 0 aliphatic heterocycles. The highest BCUT2D eigenvalue weighted by Gasteiger charge is 2.33. The molecule has 8 heteroatoms. The maximum atomic E-state index is 14.2. The van der Waals surface area contributed by atoms with Gasteiger partial charge in [0.1, 0.15) is 5.82 Å². The molecule has 7 nitrogen and oxygen atoms in total. The lowest BCUT2D eigenvalue weighted by Crippen LogP contribution is -2.35. The summed E-state index contributed by atoms with van der Waals surface area (Å²) in [5.74, 6) is 0.116. The highest BCUT2D eigenvalue weighted by atomic mass is 19.1. The molecule has 4 rings (SSSR count). The van der Waals surface area contributed by atoms with E-state index in [1.165, 1.54) is 6.07 Å². The van der Waals surface area contributed by atoms with E-state index in [0.717, 1.165) is 38.2 Å². The Morgan fingerprint density at radius 1 is 1.23 bits per heavy atom. The van der Waals surface area contributed by atoms with Gasteiger partial charge in [0.15, 0.2) is 0 Å². The van der Waals surface area contributed by atoms with E-state index in [1.807, 2.05) is 0 Å². The molecule has 1 fully saturated rings. The molecule has 0 radical (unpaired) electrons. The maximum Gasteiger partial charge on any atom is 0.254 e. The van der Waals surface area contributed by atoms with Gasteiger partial charge < -0.3 is 10.2 Å². The molecular weight excluding hydrogens is 395 g/mol. The van der Waals surface area contributed by atoms with E-state index in [1.54, 1.807) is 41.3 Å². The number of nitrogens with zero attached hydrogens (tertiary/aromatic N) is 5. The second-order valence-corrected chi connectivity index (χ2v) is 7.63. The highest BCUT2D eigenvalue weighted by molar-refractivity contribution is 5.95. The number of carbonyl (C=O) groups excluding carboxylic acids is 1. The molecule has 0 atom stereocenters. The predicted octanol–water partition coefficient (Wildman–Crippen LogP) is 3.42. The van der Waals surface area contributed by atoms with E-state index in [-0.39, 0.29) is 17.6 Å². The molecule has 31 heavy (non-hydrogen) atoms. The number of aromatic nitrogens is 4. The van der Waals surface area contributed by atoms with Crippen LogP contribution in [-0.2, 0) is 0 Å². The summed E-state index contributed by atoms with van der Waals surface area (Å²) in [5.41, 5.74) is 2.26. The van der Waals surface area contributed by atoms with Crippen LogP contribution in [-0.4, -0.2) is 56.7 Å². The molecule has 0 bridgehead atoms. The third-order valence-electron chi connectivity index (χ3n) is 5.61. The Morgan fingerprint density at radius 2 is 2.00 bits per heavy atom. The first-order valence-corrected chi connectivity index (χ1v) is 10.8. The zero-order valence-corrected chi connectivity index (χ0v) is 17.9. The molecule has 3 aromatic rings. The third-order valence-corrected chi connectivity index (χ3v) is 5.61. The summed E-state index contributed by atoms with van der Waals surface area (Å²) in [5, 5.41) is 7.43. The van der Waals surface area contributed by atoms with Gasteiger partial charge >= 0.3 is 0 Å². The predicted molar refractivity (Wildman–Crippen MR) is 117 cm³/mol. The zero-order valence-electron chi connectivity index (χ0n) is 17.9. The Kier molecular flexibility index (Phi) is 6.36. The monoisotopic (exact) mass is 422 g/mol. The van der Waals surface area contributed by atoms with Gasteiger partial charge in [-0.3, -0.25) is 4.79 Å². The number of rotatable bonds is 9. The lowest BCUT2D eigenvalue weighted by Gasteiger charge is -2.18. The minimum Gasteiger partial charge on any atom is -0.351 e. The minimum atomic E-state index is -0.344. The Morgan fingerprint density at radius 3 is 2.71 bits per heavy atom. The summed E-state index contributed by atoms with van der Waals surface area (Å²) in [4.78, 5) is 24.0. The van der Waals surface area contributed by atoms with Gasteiger partial charge in [0.05, 0.1) is 23.1 Å². The van der Waals surface area contributed by atoms with Crippen LogP contribution in [0, 0.1) is 5.82 Å². The van der Waals surface area contributed by atoms with Gasteiger partial charge in [-0.2, -0.15) is 5.10 Å². The Labute approximate surface area is 181 Å². The van der Waals surface area contributed by atoms with E-state index in [0.29, 0.717) is 29.3 Å². The van der Waals surface area contributed by atoms with Crippen molar-refractivity contribution in [3.8, 4) is 17.2 Å². The molecule has 2 heterocycles. The van der Waals surface area contributed by atoms with Gasteiger partial charge in [-0.1, -0.05) is 26.0 Å². The van der Waals surface area contributed by atoms with E-state index in [2.05, 4.69) is 39.1 Å². The molecule has 1 aromatic carbocycles. The van der Waals surface area contributed by atoms with Gasteiger partial charge in [-0.25, -0.2) is 19.0 Å². The molecule has 0 saturated heterocycles. The van der Waals surface area contributed by atoms with E-state index in [4.69, 9.17) is 0 Å². The first-order valence-electron chi connectivity index (χ1n) is 10.8. The van der Waals surface area contributed by atoms with Gasteiger partial charge in [0.25, 0.3) is 11.9 Å². The van der Waals surface area contributed by atoms with Crippen LogP contribution >= 0.6 is 0 Å². The lowest BCUT2D eigenvalue weighted by atomic mass is 10.1. The Bertz CT molecular complexity index is 1060. The van der Waals surface area contributed by atoms with Crippen molar-refractivity contribution in [3.05, 3.63) is 59.8 Å². The van der Waals surface area contributed by atoms with Crippen molar-refractivity contribution in [2.75, 3.05) is 26.2 Å². The van der Waals surface area contributed by atoms with Crippen molar-refractivity contribution in [2.24, 2.45) is 0 Å². The first kappa shape index (κ1) is 21.1. The molecule has 0 spiro atoms. The van der Waals surface area contributed by atoms with Crippen LogP contribution in [0.25, 0.3) is 17.2 Å². The number of hydrogen-bond donors (Lipinski definition) is 1. The zero-order chi connectivity index (χ0) is 21.8. The van der Waals surface area contributed by atoms with Gasteiger partial charge in [0.2, 0.25) is 0 Å². The fourth-order valence-electron chi connectivity index (χ4n) is 3.67. The number of halogens is 1. The normalized spacial score (nSPS) is 13.5. The standard InChI is InChI=1S/C23H27FN6O/c1-3-29(4-2)14-13-25-22(31)18-15-27-30(21(18)16-9-10-16)23-26-12-11-20(28-23)17-7-5-6-8-19(17)24/h5-8,11-12,15-16H,3-4,9-10,13-14H2,1-2H3,(H,25,31). The van der Waals surface area contributed by atoms with E-state index < -0.39 is 0 Å². The number of benzene rings is 1. The van der Waals surface area contributed by atoms with Crippen LogP contribution in [0.1, 0.15) is 48.7 Å². The van der Waals surface area contributed by atoms with Crippen molar-refractivity contribution >= 4 is 5.91 Å². The molecule has 1 N–H and O–H groups in total. The smallest absolute Gasteiger partial charge is 0.254 e. The second kappa shape index (κ2) is 9.34. The summed E-state index contributed by atoms with van der Waals surface area (Å²) in [7, 11) is 0. The van der Waals surface area contributed by atoms with Crippen LogP contribution in [0.2, 0.25) is 0 Å². The largest absolute Gasteiger partial charge is 0.351 e. The molecule has 1 amide bonds. The maximum absolute atomic E-state index is 14.2. The molecule has 0 unspecified atom stereocenters. The molecule has 1 saturated carbocycles. The van der Waals surface area contributed by atoms with Crippen molar-refractivity contribution in [2.45, 2.75) is 32.6 Å². The van der Waals surface area contributed by atoms with Gasteiger partial charge in [0, 0.05) is 30.8 Å². The van der Waals surface area contributed by atoms with E-state index in [9.17, 15) is 9.18 Å². The average Bonchev–Trinajstić information content (AvgIpc) is 3.54. The van der Waals surface area contributed by atoms with Crippen molar-refractivity contribution < 1.29 is 9.18 Å². The quantitative estimate of drug-likeness (QED) is 0.572. The Hall–Kier alpha value is -3.13. The van der Waals surface area contributed by atoms with Crippen LogP contribution in [0.4, 0.5) is 4.39 Å². The number of hydrogen-bond acceptors (Lipinski definition) is 5. The lowest BCUT2D eigenvalue weighted by molar-refractivity contribution is 0.0948. The summed E-state index contributed by atoms with van der Waals surface area (Å²) in [6, 6.07) is 8.17. The SMILES string of the molecule is CCN(CC)CCNC(=O)c1cnn(-c2nccc(-c3ccccc3F)n2)c1C1CC1. The van der Waals surface area contributed by atoms with Crippen molar-refractivity contribution in [1.82, 2.24) is 30.0 Å². The van der Waals surface area contributed by atoms with E-state index >= 15 is 0 Å². The molecule has 2 aromatic heterocycles. The van der Waals surface area contributed by atoms with Crippen LogP contribution < -0.4 is 5.32 Å². The number of likely N-dealkylation sites (N-methyl/N-ethyl adjacent to an activating group) is 1. The summed E-state index contributed by atoms with van der Waals surface area (Å²) in [6.45, 7) is 7.50. The third kappa shape index (κ3) is 4.64. The first-order chi connectivity index (χ1) is 15.1. The fourth-order valence-corrected chi connectivity index (χ4v) is 3.67. The number of nitrogens with one attached hydrogen (secondary N) is 1. The fraction of sp³-hybridized carbons (Fsp3) is 0.391. The molecule has 162 valence electrons. The average molecular weight is 423 g/mol. The second-order valence-electron chi connectivity index (χ2n) is 7.63. The van der Waals surface area contributed by atoms with Crippen molar-refractivity contribution in [1.29, 1.82) is 0 Å². The van der Waals surface area contributed by atoms with Gasteiger partial charge in [-0.15, -0.1) is 0 Å². The van der Waals surface area contributed by atoms with Crippen LogP contribution in [0.15, 0.2) is 42.7 Å². The Balaban J connectivity index is 1.59.